The van der Waals surface area contributed by atoms with E-state index in [1.807, 2.05) is 6.92 Å². The molecule has 1 aliphatic rings. The van der Waals surface area contributed by atoms with Crippen LogP contribution < -0.4 is 0 Å². The molecule has 7 heteroatoms. The Labute approximate surface area is 126 Å². The summed E-state index contributed by atoms with van der Waals surface area (Å²) in [7, 11) is 0. The molecule has 0 unspecified atom stereocenters. The van der Waals surface area contributed by atoms with Crippen molar-refractivity contribution < 1.29 is 14.5 Å². The molecule has 21 heavy (non-hydrogen) atoms. The maximum atomic E-state index is 12.1. The summed E-state index contributed by atoms with van der Waals surface area (Å²) in [6.07, 6.45) is 3.27. The van der Waals surface area contributed by atoms with Crippen molar-refractivity contribution in [1.82, 2.24) is 4.90 Å². The maximum absolute atomic E-state index is 12.1. The topological polar surface area (TPSA) is 80.5 Å². The van der Waals surface area contributed by atoms with Gasteiger partial charge in [-0.15, -0.1) is 0 Å². The minimum atomic E-state index is -0.484. The van der Waals surface area contributed by atoms with Gasteiger partial charge in [-0.25, -0.2) is 0 Å². The molecule has 0 spiro atoms. The van der Waals surface area contributed by atoms with Crippen molar-refractivity contribution in [2.45, 2.75) is 19.8 Å². The van der Waals surface area contributed by atoms with Crippen LogP contribution in [0.5, 0.6) is 0 Å². The lowest BCUT2D eigenvalue weighted by molar-refractivity contribution is -0.384. The Morgan fingerprint density at radius 1 is 1.29 bits per heavy atom. The number of carbonyl (C=O) groups excluding carboxylic acids is 2. The summed E-state index contributed by atoms with van der Waals surface area (Å²) in [5.41, 5.74) is 0.643. The van der Waals surface area contributed by atoms with E-state index in [2.05, 4.69) is 0 Å². The predicted molar refractivity (Wildman–Crippen MR) is 80.7 cm³/mol. The number of nitrogens with zero attached hydrogens (tertiary/aromatic N) is 2. The van der Waals surface area contributed by atoms with Crippen LogP contribution in [0.4, 0.5) is 10.5 Å². The van der Waals surface area contributed by atoms with Crippen molar-refractivity contribution >= 4 is 34.7 Å². The van der Waals surface area contributed by atoms with Gasteiger partial charge in [-0.1, -0.05) is 13.3 Å². The third-order valence-electron chi connectivity index (χ3n) is 3.01. The Bertz CT molecular complexity index is 610. The number of carbonyl (C=O) groups is 2. The van der Waals surface area contributed by atoms with E-state index in [4.69, 9.17) is 0 Å². The number of thioether (sulfide) groups is 1. The molecule has 1 aliphatic heterocycles. The van der Waals surface area contributed by atoms with Crippen molar-refractivity contribution in [1.29, 1.82) is 0 Å². The molecule has 0 bridgehead atoms. The zero-order valence-corrected chi connectivity index (χ0v) is 12.3. The minimum Gasteiger partial charge on any atom is -0.268 e. The molecule has 0 saturated carbocycles. The minimum absolute atomic E-state index is 0.0109. The van der Waals surface area contributed by atoms with E-state index in [-0.39, 0.29) is 16.8 Å². The molecular formula is C14H14N2O4S. The Balaban J connectivity index is 2.16. The van der Waals surface area contributed by atoms with E-state index in [1.165, 1.54) is 17.0 Å². The van der Waals surface area contributed by atoms with Crippen LogP contribution in [0.2, 0.25) is 0 Å². The molecule has 0 N–H and O–H groups in total. The molecule has 1 fully saturated rings. The summed E-state index contributed by atoms with van der Waals surface area (Å²) < 4.78 is 0. The lowest BCUT2D eigenvalue weighted by atomic mass is 10.2. The van der Waals surface area contributed by atoms with Crippen molar-refractivity contribution in [2.75, 3.05) is 6.54 Å². The normalized spacial score (nSPS) is 16.8. The average molecular weight is 306 g/mol. The lowest BCUT2D eigenvalue weighted by Crippen LogP contribution is -2.29. The molecule has 0 aromatic heterocycles. The number of unbranched alkanes of at least 4 members (excludes halogenated alkanes) is 1. The van der Waals surface area contributed by atoms with Crippen LogP contribution in [0.3, 0.4) is 0 Å². The highest BCUT2D eigenvalue weighted by atomic mass is 32.2. The van der Waals surface area contributed by atoms with Crippen LogP contribution in [0.15, 0.2) is 29.2 Å². The second-order valence-electron chi connectivity index (χ2n) is 4.54. The molecule has 2 amide bonds. The standard InChI is InChI=1S/C14H14N2O4S/c1-2-3-8-15-13(17)12(21-14(15)18)9-10-4-6-11(7-5-10)16(19)20/h4-7,9H,2-3,8H2,1H3. The molecule has 1 heterocycles. The predicted octanol–water partition coefficient (Wildman–Crippen LogP) is 3.43. The Morgan fingerprint density at radius 2 is 1.95 bits per heavy atom. The van der Waals surface area contributed by atoms with Gasteiger partial charge in [-0.05, 0) is 42.0 Å². The van der Waals surface area contributed by atoms with Gasteiger partial charge in [0.2, 0.25) is 0 Å². The average Bonchev–Trinajstić information content (AvgIpc) is 2.72. The van der Waals surface area contributed by atoms with E-state index in [9.17, 15) is 19.7 Å². The summed E-state index contributed by atoms with van der Waals surface area (Å²) in [5, 5.41) is 10.3. The third kappa shape index (κ3) is 3.49. The first-order valence-corrected chi connectivity index (χ1v) is 7.34. The third-order valence-corrected chi connectivity index (χ3v) is 3.92. The monoisotopic (exact) mass is 306 g/mol. The maximum Gasteiger partial charge on any atom is 0.293 e. The van der Waals surface area contributed by atoms with Gasteiger partial charge in [-0.2, -0.15) is 0 Å². The fraction of sp³-hybridized carbons (Fsp3) is 0.286. The van der Waals surface area contributed by atoms with Gasteiger partial charge < -0.3 is 0 Å². The fourth-order valence-corrected chi connectivity index (χ4v) is 2.72. The van der Waals surface area contributed by atoms with E-state index >= 15 is 0 Å². The van der Waals surface area contributed by atoms with Gasteiger partial charge in [0, 0.05) is 18.7 Å². The molecule has 6 nitrogen and oxygen atoms in total. The van der Waals surface area contributed by atoms with Crippen molar-refractivity contribution in [3.63, 3.8) is 0 Å². The molecule has 2 rings (SSSR count). The molecule has 1 aromatic rings. The first-order valence-electron chi connectivity index (χ1n) is 6.52. The van der Waals surface area contributed by atoms with Gasteiger partial charge in [0.25, 0.3) is 16.8 Å². The van der Waals surface area contributed by atoms with Crippen molar-refractivity contribution in [3.8, 4) is 0 Å². The number of non-ortho nitro benzene ring substituents is 1. The Kier molecular flexibility index (Phi) is 4.74. The lowest BCUT2D eigenvalue weighted by Gasteiger charge is -2.10. The zero-order valence-electron chi connectivity index (χ0n) is 11.4. The Morgan fingerprint density at radius 3 is 2.52 bits per heavy atom. The second-order valence-corrected chi connectivity index (χ2v) is 5.53. The first kappa shape index (κ1) is 15.2. The number of imide groups is 1. The van der Waals surface area contributed by atoms with E-state index in [0.717, 1.165) is 24.6 Å². The van der Waals surface area contributed by atoms with Gasteiger partial charge in [0.1, 0.15) is 0 Å². The van der Waals surface area contributed by atoms with Gasteiger partial charge in [0.15, 0.2) is 0 Å². The largest absolute Gasteiger partial charge is 0.293 e. The van der Waals surface area contributed by atoms with Crippen LogP contribution in [0, 0.1) is 10.1 Å². The van der Waals surface area contributed by atoms with Crippen LogP contribution >= 0.6 is 11.8 Å². The summed E-state index contributed by atoms with van der Waals surface area (Å²) in [4.78, 5) is 35.6. The fourth-order valence-electron chi connectivity index (χ4n) is 1.85. The molecule has 0 aliphatic carbocycles. The number of nitro groups is 1. The second kappa shape index (κ2) is 6.53. The van der Waals surface area contributed by atoms with Gasteiger partial charge in [0.05, 0.1) is 9.83 Å². The quantitative estimate of drug-likeness (QED) is 0.473. The number of amides is 2. The molecular weight excluding hydrogens is 292 g/mol. The Hall–Kier alpha value is -2.15. The van der Waals surface area contributed by atoms with E-state index in [0.29, 0.717) is 17.0 Å². The molecule has 1 saturated heterocycles. The number of benzene rings is 1. The molecule has 0 radical (unpaired) electrons. The van der Waals surface area contributed by atoms with Crippen LogP contribution in [-0.4, -0.2) is 27.5 Å². The van der Waals surface area contributed by atoms with Crippen LogP contribution in [-0.2, 0) is 4.79 Å². The first-order chi connectivity index (χ1) is 10.0. The van der Waals surface area contributed by atoms with Gasteiger partial charge >= 0.3 is 0 Å². The van der Waals surface area contributed by atoms with Crippen molar-refractivity contribution in [3.05, 3.63) is 44.8 Å². The van der Waals surface area contributed by atoms with Gasteiger partial charge in [-0.3, -0.25) is 24.6 Å². The smallest absolute Gasteiger partial charge is 0.268 e. The highest BCUT2D eigenvalue weighted by Gasteiger charge is 2.34. The molecule has 0 atom stereocenters. The number of hydrogen-bond acceptors (Lipinski definition) is 5. The summed E-state index contributed by atoms with van der Waals surface area (Å²) in [6, 6.07) is 5.84. The number of rotatable bonds is 5. The van der Waals surface area contributed by atoms with Crippen LogP contribution in [0.25, 0.3) is 6.08 Å². The highest BCUT2D eigenvalue weighted by Crippen LogP contribution is 2.32. The number of hydrogen-bond donors (Lipinski definition) is 0. The van der Waals surface area contributed by atoms with Crippen LogP contribution in [0.1, 0.15) is 25.3 Å². The summed E-state index contributed by atoms with van der Waals surface area (Å²) in [5.74, 6) is -0.295. The number of nitro benzene ring substituents is 1. The molecule has 1 aromatic carbocycles. The SMILES string of the molecule is CCCCN1C(=O)SC(=Cc2ccc([N+](=O)[O-])cc2)C1=O. The molecule has 110 valence electrons. The van der Waals surface area contributed by atoms with Crippen molar-refractivity contribution in [2.24, 2.45) is 0 Å². The van der Waals surface area contributed by atoms with E-state index in [1.54, 1.807) is 18.2 Å². The zero-order chi connectivity index (χ0) is 15.4. The summed E-state index contributed by atoms with van der Waals surface area (Å²) in [6.45, 7) is 2.42. The summed E-state index contributed by atoms with van der Waals surface area (Å²) >= 11 is 0.902. The highest BCUT2D eigenvalue weighted by molar-refractivity contribution is 8.18. The van der Waals surface area contributed by atoms with E-state index < -0.39 is 4.92 Å².